The molecule has 1 aromatic carbocycles. The van der Waals surface area contributed by atoms with Crippen molar-refractivity contribution in [3.63, 3.8) is 0 Å². The summed E-state index contributed by atoms with van der Waals surface area (Å²) < 4.78 is 13.3. The molecule has 3 N–H and O–H groups in total. The predicted octanol–water partition coefficient (Wildman–Crippen LogP) is 2.32. The Morgan fingerprint density at radius 3 is 2.75 bits per heavy atom. The summed E-state index contributed by atoms with van der Waals surface area (Å²) in [4.78, 5) is 18.0. The number of urea groups is 1. The second-order valence-corrected chi connectivity index (χ2v) is 5.89. The predicted molar refractivity (Wildman–Crippen MR) is 91.6 cm³/mol. The summed E-state index contributed by atoms with van der Waals surface area (Å²) in [5.41, 5.74) is -0.412. The van der Waals surface area contributed by atoms with Gasteiger partial charge in [0.2, 0.25) is 0 Å². The number of carbonyl (C=O) groups excluding carboxylic acids is 1. The molecule has 24 heavy (non-hydrogen) atoms. The van der Waals surface area contributed by atoms with E-state index in [0.717, 1.165) is 0 Å². The molecule has 0 radical (unpaired) electrons. The van der Waals surface area contributed by atoms with Crippen molar-refractivity contribution >= 4 is 17.5 Å². The Labute approximate surface area is 140 Å². The van der Waals surface area contributed by atoms with Gasteiger partial charge in [-0.15, -0.1) is 0 Å². The highest BCUT2D eigenvalue weighted by molar-refractivity contribution is 5.89. The normalized spacial score (nSPS) is 13.0. The molecular formula is C17H21FN4O2. The Balaban J connectivity index is 1.96. The van der Waals surface area contributed by atoms with Crippen LogP contribution in [0, 0.1) is 5.82 Å². The molecule has 0 aliphatic carbocycles. The van der Waals surface area contributed by atoms with Crippen molar-refractivity contribution in [2.45, 2.75) is 12.5 Å². The number of amides is 2. The largest absolute Gasteiger partial charge is 0.384 e. The molecule has 0 saturated carbocycles. The van der Waals surface area contributed by atoms with Crippen molar-refractivity contribution < 1.29 is 14.3 Å². The van der Waals surface area contributed by atoms with Gasteiger partial charge in [-0.3, -0.25) is 0 Å². The van der Waals surface area contributed by atoms with Crippen molar-refractivity contribution in [1.82, 2.24) is 10.3 Å². The average Bonchev–Trinajstić information content (AvgIpc) is 2.53. The molecule has 2 amide bonds. The van der Waals surface area contributed by atoms with Crippen LogP contribution in [0.3, 0.4) is 0 Å². The van der Waals surface area contributed by atoms with Crippen LogP contribution in [0.1, 0.15) is 12.5 Å². The molecule has 0 spiro atoms. The summed E-state index contributed by atoms with van der Waals surface area (Å²) in [6, 6.07) is 8.58. The van der Waals surface area contributed by atoms with Crippen molar-refractivity contribution in [2.24, 2.45) is 0 Å². The van der Waals surface area contributed by atoms with Crippen LogP contribution >= 0.6 is 0 Å². The van der Waals surface area contributed by atoms with E-state index in [4.69, 9.17) is 0 Å². The molecule has 1 aromatic heterocycles. The number of carbonyl (C=O) groups is 1. The van der Waals surface area contributed by atoms with Crippen molar-refractivity contribution in [2.75, 3.05) is 30.9 Å². The second kappa shape index (κ2) is 7.27. The summed E-state index contributed by atoms with van der Waals surface area (Å²) in [5.74, 6) is 0.268. The number of nitrogens with zero attached hydrogens (tertiary/aromatic N) is 2. The summed E-state index contributed by atoms with van der Waals surface area (Å²) >= 11 is 0. The van der Waals surface area contributed by atoms with Gasteiger partial charge in [0.15, 0.2) is 0 Å². The highest BCUT2D eigenvalue weighted by Crippen LogP contribution is 2.20. The monoisotopic (exact) mass is 332 g/mol. The number of aromatic nitrogens is 1. The average molecular weight is 332 g/mol. The standard InChI is InChI=1S/C17H21FN4O2/c1-17(24,12-5-4-6-13(18)9-12)11-20-16(23)21-14-7-8-19-15(10-14)22(2)3/h4-10,24H,11H2,1-3H3,(H2,19,20,21,23). The molecule has 1 unspecified atom stereocenters. The quantitative estimate of drug-likeness (QED) is 0.785. The van der Waals surface area contributed by atoms with E-state index < -0.39 is 17.4 Å². The Bertz CT molecular complexity index is 719. The molecule has 0 aliphatic rings. The first-order valence-electron chi connectivity index (χ1n) is 7.44. The fourth-order valence-corrected chi connectivity index (χ4v) is 2.09. The number of hydrogen-bond acceptors (Lipinski definition) is 4. The summed E-state index contributed by atoms with van der Waals surface area (Å²) in [5, 5.41) is 15.7. The first kappa shape index (κ1) is 17.7. The Morgan fingerprint density at radius 2 is 2.08 bits per heavy atom. The fraction of sp³-hybridized carbons (Fsp3) is 0.294. The Kier molecular flexibility index (Phi) is 5.35. The van der Waals surface area contributed by atoms with Crippen molar-refractivity contribution in [3.8, 4) is 0 Å². The minimum Gasteiger partial charge on any atom is -0.384 e. The maximum absolute atomic E-state index is 13.3. The van der Waals surface area contributed by atoms with E-state index in [1.807, 2.05) is 19.0 Å². The Hall–Kier alpha value is -2.67. The van der Waals surface area contributed by atoms with E-state index in [-0.39, 0.29) is 6.54 Å². The summed E-state index contributed by atoms with van der Waals surface area (Å²) in [6.45, 7) is 1.45. The minimum atomic E-state index is -1.38. The SMILES string of the molecule is CN(C)c1cc(NC(=O)NCC(C)(O)c2cccc(F)c2)ccn1. The van der Waals surface area contributed by atoms with Gasteiger partial charge in [0.25, 0.3) is 0 Å². The molecule has 6 nitrogen and oxygen atoms in total. The number of nitrogens with one attached hydrogen (secondary N) is 2. The third-order valence-corrected chi connectivity index (χ3v) is 3.50. The highest BCUT2D eigenvalue weighted by atomic mass is 19.1. The van der Waals surface area contributed by atoms with Crippen LogP contribution in [0.2, 0.25) is 0 Å². The van der Waals surface area contributed by atoms with Crippen LogP contribution in [-0.4, -0.2) is 36.8 Å². The smallest absolute Gasteiger partial charge is 0.319 e. The lowest BCUT2D eigenvalue weighted by Gasteiger charge is -2.24. The lowest BCUT2D eigenvalue weighted by atomic mass is 9.96. The molecule has 2 rings (SSSR count). The molecule has 0 aliphatic heterocycles. The lowest BCUT2D eigenvalue weighted by molar-refractivity contribution is 0.0596. The van der Waals surface area contributed by atoms with Gasteiger partial charge in [-0.1, -0.05) is 12.1 Å². The van der Waals surface area contributed by atoms with E-state index >= 15 is 0 Å². The third kappa shape index (κ3) is 4.66. The number of benzene rings is 1. The zero-order valence-corrected chi connectivity index (χ0v) is 13.9. The van der Waals surface area contributed by atoms with Crippen LogP contribution in [0.4, 0.5) is 20.7 Å². The topological polar surface area (TPSA) is 77.5 Å². The van der Waals surface area contributed by atoms with Gasteiger partial charge in [-0.2, -0.15) is 0 Å². The van der Waals surface area contributed by atoms with Gasteiger partial charge in [-0.05, 0) is 30.7 Å². The number of pyridine rings is 1. The van der Waals surface area contributed by atoms with Crippen LogP contribution < -0.4 is 15.5 Å². The zero-order chi connectivity index (χ0) is 17.7. The maximum atomic E-state index is 13.3. The van der Waals surface area contributed by atoms with Crippen LogP contribution in [0.15, 0.2) is 42.6 Å². The molecule has 2 aromatic rings. The highest BCUT2D eigenvalue weighted by Gasteiger charge is 2.24. The van der Waals surface area contributed by atoms with E-state index in [2.05, 4.69) is 15.6 Å². The van der Waals surface area contributed by atoms with E-state index in [9.17, 15) is 14.3 Å². The second-order valence-electron chi connectivity index (χ2n) is 5.89. The summed E-state index contributed by atoms with van der Waals surface area (Å²) in [7, 11) is 3.70. The van der Waals surface area contributed by atoms with Gasteiger partial charge in [0.1, 0.15) is 17.2 Å². The van der Waals surface area contributed by atoms with Crippen LogP contribution in [-0.2, 0) is 5.60 Å². The van der Waals surface area contributed by atoms with Gasteiger partial charge in [0.05, 0.1) is 6.54 Å². The van der Waals surface area contributed by atoms with E-state index in [1.165, 1.54) is 25.1 Å². The molecule has 128 valence electrons. The number of anilines is 2. The van der Waals surface area contributed by atoms with Gasteiger partial charge in [0, 0.05) is 32.0 Å². The maximum Gasteiger partial charge on any atom is 0.319 e. The van der Waals surface area contributed by atoms with Gasteiger partial charge < -0.3 is 20.6 Å². The third-order valence-electron chi connectivity index (χ3n) is 3.50. The number of rotatable bonds is 5. The number of aliphatic hydroxyl groups is 1. The fourth-order valence-electron chi connectivity index (χ4n) is 2.09. The van der Waals surface area contributed by atoms with Crippen molar-refractivity contribution in [3.05, 3.63) is 54.0 Å². The molecule has 1 atom stereocenters. The lowest BCUT2D eigenvalue weighted by Crippen LogP contribution is -2.40. The van der Waals surface area contributed by atoms with Crippen molar-refractivity contribution in [1.29, 1.82) is 0 Å². The first-order chi connectivity index (χ1) is 11.3. The molecular weight excluding hydrogens is 311 g/mol. The molecule has 0 saturated heterocycles. The number of hydrogen-bond donors (Lipinski definition) is 3. The first-order valence-corrected chi connectivity index (χ1v) is 7.44. The van der Waals surface area contributed by atoms with E-state index in [0.29, 0.717) is 17.1 Å². The zero-order valence-electron chi connectivity index (χ0n) is 13.9. The number of halogens is 1. The van der Waals surface area contributed by atoms with Crippen LogP contribution in [0.25, 0.3) is 0 Å². The van der Waals surface area contributed by atoms with E-state index in [1.54, 1.807) is 24.4 Å². The Morgan fingerprint density at radius 1 is 1.33 bits per heavy atom. The molecule has 0 bridgehead atoms. The molecule has 1 heterocycles. The minimum absolute atomic E-state index is 0.0616. The van der Waals surface area contributed by atoms with Crippen LogP contribution in [0.5, 0.6) is 0 Å². The molecule has 0 fully saturated rings. The summed E-state index contributed by atoms with van der Waals surface area (Å²) in [6.07, 6.45) is 1.59. The van der Waals surface area contributed by atoms with Gasteiger partial charge >= 0.3 is 6.03 Å². The van der Waals surface area contributed by atoms with Gasteiger partial charge in [-0.25, -0.2) is 14.2 Å². The molecule has 7 heteroatoms.